The zero-order valence-electron chi connectivity index (χ0n) is 16.2. The molecule has 30 heavy (non-hydrogen) atoms. The summed E-state index contributed by atoms with van der Waals surface area (Å²) in [6, 6.07) is 11.1. The molecule has 1 aliphatic heterocycles. The Labute approximate surface area is 175 Å². The number of ether oxygens (including phenoxy) is 2. The van der Waals surface area contributed by atoms with Crippen LogP contribution >= 0.6 is 11.3 Å². The van der Waals surface area contributed by atoms with Crippen LogP contribution < -0.4 is 14.8 Å². The number of carbonyl (C=O) groups is 2. The Morgan fingerprint density at radius 3 is 2.60 bits per heavy atom. The SMILES string of the molecule is COc1ccc(C2CC(=O)Nc3c2sc(C(=O)O)c3-c2cccc(F)c2)cc1OC. The lowest BCUT2D eigenvalue weighted by Gasteiger charge is -2.24. The average Bonchev–Trinajstić information content (AvgIpc) is 3.12. The van der Waals surface area contributed by atoms with Crippen molar-refractivity contribution in [2.45, 2.75) is 12.3 Å². The molecule has 0 spiro atoms. The quantitative estimate of drug-likeness (QED) is 0.614. The highest BCUT2D eigenvalue weighted by Crippen LogP contribution is 2.50. The van der Waals surface area contributed by atoms with Crippen LogP contribution in [0, 0.1) is 5.82 Å². The van der Waals surface area contributed by atoms with Crippen LogP contribution in [0.1, 0.15) is 32.5 Å². The monoisotopic (exact) mass is 427 g/mol. The number of rotatable bonds is 5. The van der Waals surface area contributed by atoms with E-state index in [9.17, 15) is 19.1 Å². The van der Waals surface area contributed by atoms with E-state index >= 15 is 0 Å². The molecule has 3 aromatic rings. The van der Waals surface area contributed by atoms with E-state index in [1.165, 1.54) is 32.4 Å². The van der Waals surface area contributed by atoms with Gasteiger partial charge in [-0.1, -0.05) is 18.2 Å². The summed E-state index contributed by atoms with van der Waals surface area (Å²) in [6.45, 7) is 0. The van der Waals surface area contributed by atoms with Crippen LogP contribution in [0.25, 0.3) is 11.1 Å². The van der Waals surface area contributed by atoms with Crippen molar-refractivity contribution in [3.8, 4) is 22.6 Å². The van der Waals surface area contributed by atoms with Gasteiger partial charge in [0.15, 0.2) is 11.5 Å². The fourth-order valence-electron chi connectivity index (χ4n) is 3.70. The summed E-state index contributed by atoms with van der Waals surface area (Å²) in [5.74, 6) is -1.15. The molecule has 1 aromatic heterocycles. The van der Waals surface area contributed by atoms with Crippen LogP contribution in [0.5, 0.6) is 11.5 Å². The molecule has 1 amide bonds. The standard InChI is InChI=1S/C22H18FNO5S/c1-28-15-7-6-11(9-16(15)29-2)14-10-17(25)24-19-18(12-4-3-5-13(23)8-12)21(22(26)27)30-20(14)19/h3-9,14H,10H2,1-2H3,(H,24,25)(H,26,27). The van der Waals surface area contributed by atoms with Gasteiger partial charge in [0.1, 0.15) is 10.7 Å². The van der Waals surface area contributed by atoms with Gasteiger partial charge in [0.05, 0.1) is 19.9 Å². The first-order chi connectivity index (χ1) is 14.4. The van der Waals surface area contributed by atoms with E-state index in [1.54, 1.807) is 18.2 Å². The normalized spacial score (nSPS) is 15.3. The summed E-state index contributed by atoms with van der Waals surface area (Å²) in [5.41, 5.74) is 1.94. The second-order valence-corrected chi connectivity index (χ2v) is 7.83. The zero-order valence-corrected chi connectivity index (χ0v) is 17.0. The van der Waals surface area contributed by atoms with Gasteiger partial charge in [0.2, 0.25) is 5.91 Å². The van der Waals surface area contributed by atoms with Crippen LogP contribution in [-0.4, -0.2) is 31.2 Å². The third-order valence-electron chi connectivity index (χ3n) is 5.02. The van der Waals surface area contributed by atoms with E-state index in [2.05, 4.69) is 5.32 Å². The molecule has 1 unspecified atom stereocenters. The van der Waals surface area contributed by atoms with Gasteiger partial charge in [-0.3, -0.25) is 4.79 Å². The highest BCUT2D eigenvalue weighted by molar-refractivity contribution is 7.15. The summed E-state index contributed by atoms with van der Waals surface area (Å²) < 4.78 is 24.5. The summed E-state index contributed by atoms with van der Waals surface area (Å²) >= 11 is 1.09. The van der Waals surface area contributed by atoms with Gasteiger partial charge in [-0.05, 0) is 35.4 Å². The molecule has 0 saturated carbocycles. The number of halogens is 1. The van der Waals surface area contributed by atoms with Crippen molar-refractivity contribution in [3.63, 3.8) is 0 Å². The average molecular weight is 427 g/mol. The summed E-state index contributed by atoms with van der Waals surface area (Å²) in [7, 11) is 3.06. The number of amides is 1. The maximum atomic E-state index is 13.8. The lowest BCUT2D eigenvalue weighted by Crippen LogP contribution is -2.22. The number of carboxylic acid groups (broad SMARTS) is 1. The zero-order chi connectivity index (χ0) is 21.4. The van der Waals surface area contributed by atoms with Crippen LogP contribution in [-0.2, 0) is 4.79 Å². The number of nitrogens with one attached hydrogen (secondary N) is 1. The maximum absolute atomic E-state index is 13.8. The van der Waals surface area contributed by atoms with E-state index < -0.39 is 11.8 Å². The molecular formula is C22H18FNO5S. The smallest absolute Gasteiger partial charge is 0.346 e. The van der Waals surface area contributed by atoms with Crippen molar-refractivity contribution in [2.75, 3.05) is 19.5 Å². The number of hydrogen-bond acceptors (Lipinski definition) is 5. The minimum Gasteiger partial charge on any atom is -0.493 e. The molecule has 0 bridgehead atoms. The second-order valence-electron chi connectivity index (χ2n) is 6.78. The van der Waals surface area contributed by atoms with Gasteiger partial charge >= 0.3 is 5.97 Å². The van der Waals surface area contributed by atoms with E-state index in [4.69, 9.17) is 9.47 Å². The molecule has 4 rings (SSSR count). The summed E-state index contributed by atoms with van der Waals surface area (Å²) in [5, 5.41) is 12.6. The largest absolute Gasteiger partial charge is 0.493 e. The minimum absolute atomic E-state index is 0.0540. The summed E-state index contributed by atoms with van der Waals surface area (Å²) in [4.78, 5) is 25.3. The van der Waals surface area contributed by atoms with Crippen molar-refractivity contribution < 1.29 is 28.6 Å². The number of carboxylic acids is 1. The fourth-order valence-corrected chi connectivity index (χ4v) is 4.94. The molecule has 2 N–H and O–H groups in total. The number of fused-ring (bicyclic) bond motifs is 1. The molecule has 6 nitrogen and oxygen atoms in total. The van der Waals surface area contributed by atoms with Crippen LogP contribution in [0.4, 0.5) is 10.1 Å². The van der Waals surface area contributed by atoms with Gasteiger partial charge in [0.25, 0.3) is 0 Å². The molecule has 0 fully saturated rings. The van der Waals surface area contributed by atoms with Crippen molar-refractivity contribution >= 4 is 28.9 Å². The van der Waals surface area contributed by atoms with Crippen molar-refractivity contribution in [1.82, 2.24) is 0 Å². The van der Waals surface area contributed by atoms with E-state index in [1.807, 2.05) is 6.07 Å². The highest BCUT2D eigenvalue weighted by atomic mass is 32.1. The van der Waals surface area contributed by atoms with Gasteiger partial charge in [-0.2, -0.15) is 0 Å². The van der Waals surface area contributed by atoms with Gasteiger partial charge in [0, 0.05) is 22.8 Å². The molecule has 2 aromatic carbocycles. The number of anilines is 1. The van der Waals surface area contributed by atoms with Crippen molar-refractivity contribution in [2.24, 2.45) is 0 Å². The number of methoxy groups -OCH3 is 2. The first-order valence-electron chi connectivity index (χ1n) is 9.10. The minimum atomic E-state index is -1.13. The molecule has 0 saturated heterocycles. The molecule has 154 valence electrons. The fraction of sp³-hybridized carbons (Fsp3) is 0.182. The van der Waals surface area contributed by atoms with E-state index in [0.29, 0.717) is 33.2 Å². The van der Waals surface area contributed by atoms with Gasteiger partial charge in [-0.15, -0.1) is 11.3 Å². The third kappa shape index (κ3) is 3.39. The molecule has 8 heteroatoms. The second kappa shape index (κ2) is 7.79. The number of thiophene rings is 1. The molecule has 1 aliphatic rings. The number of carbonyl (C=O) groups excluding carboxylic acids is 1. The predicted molar refractivity (Wildman–Crippen MR) is 111 cm³/mol. The van der Waals surface area contributed by atoms with Gasteiger partial charge in [-0.25, -0.2) is 9.18 Å². The summed E-state index contributed by atoms with van der Waals surface area (Å²) in [6.07, 6.45) is 0.157. The molecule has 0 radical (unpaired) electrons. The number of hydrogen-bond donors (Lipinski definition) is 2. The molecule has 1 atom stereocenters. The number of benzene rings is 2. The highest BCUT2D eigenvalue weighted by Gasteiger charge is 2.34. The Morgan fingerprint density at radius 1 is 1.17 bits per heavy atom. The number of aromatic carboxylic acids is 1. The first-order valence-corrected chi connectivity index (χ1v) is 9.92. The Balaban J connectivity index is 1.91. The van der Waals surface area contributed by atoms with E-state index in [-0.39, 0.29) is 23.1 Å². The lowest BCUT2D eigenvalue weighted by atomic mass is 9.88. The Kier molecular flexibility index (Phi) is 5.17. The van der Waals surface area contributed by atoms with Crippen LogP contribution in [0.15, 0.2) is 42.5 Å². The Bertz CT molecular complexity index is 1160. The molecule has 2 heterocycles. The van der Waals surface area contributed by atoms with Crippen LogP contribution in [0.2, 0.25) is 0 Å². The van der Waals surface area contributed by atoms with E-state index in [0.717, 1.165) is 16.9 Å². The Hall–Kier alpha value is -3.39. The lowest BCUT2D eigenvalue weighted by molar-refractivity contribution is -0.116. The maximum Gasteiger partial charge on any atom is 0.346 e. The Morgan fingerprint density at radius 2 is 1.93 bits per heavy atom. The molecule has 0 aliphatic carbocycles. The third-order valence-corrected chi connectivity index (χ3v) is 6.31. The first kappa shape index (κ1) is 19.9. The van der Waals surface area contributed by atoms with Gasteiger partial charge < -0.3 is 19.9 Å². The van der Waals surface area contributed by atoms with Crippen molar-refractivity contribution in [3.05, 3.63) is 63.6 Å². The van der Waals surface area contributed by atoms with Crippen molar-refractivity contribution in [1.29, 1.82) is 0 Å². The predicted octanol–water partition coefficient (Wildman–Crippen LogP) is 4.74. The molecular weight excluding hydrogens is 409 g/mol. The topological polar surface area (TPSA) is 84.9 Å². The van der Waals surface area contributed by atoms with Crippen LogP contribution in [0.3, 0.4) is 0 Å².